The normalized spacial score (nSPS) is 18.0. The second kappa shape index (κ2) is 7.86. The Morgan fingerprint density at radius 2 is 2.19 bits per heavy atom. The van der Waals surface area contributed by atoms with Gasteiger partial charge in [0.15, 0.2) is 5.16 Å². The fraction of sp³-hybridized carbons (Fsp3) is 0.632. The summed E-state index contributed by atoms with van der Waals surface area (Å²) in [4.78, 5) is 35.4. The third-order valence-electron chi connectivity index (χ3n) is 5.05. The smallest absolute Gasteiger partial charge is 0.278 e. The van der Waals surface area contributed by atoms with Gasteiger partial charge in [0.2, 0.25) is 5.91 Å². The lowest BCUT2D eigenvalue weighted by Gasteiger charge is -2.35. The second-order valence-electron chi connectivity index (χ2n) is 7.31. The molecule has 142 valence electrons. The molecule has 3 rings (SSSR count). The van der Waals surface area contributed by atoms with E-state index in [1.807, 2.05) is 31.7 Å². The molecule has 0 saturated carbocycles. The van der Waals surface area contributed by atoms with Crippen molar-refractivity contribution in [3.05, 3.63) is 22.1 Å². The van der Waals surface area contributed by atoms with Crippen molar-refractivity contribution in [2.75, 3.05) is 12.3 Å². The quantitative estimate of drug-likeness (QED) is 0.640. The topological polar surface area (TPSA) is 71.0 Å². The number of hydrogen-bond acceptors (Lipinski definition) is 4. The Morgan fingerprint density at radius 1 is 1.42 bits per heavy atom. The molecular weight excluding hydrogens is 348 g/mol. The van der Waals surface area contributed by atoms with E-state index >= 15 is 0 Å². The molecule has 2 aromatic heterocycles. The lowest BCUT2D eigenvalue weighted by molar-refractivity contribution is -0.132. The number of aryl methyl sites for hydroxylation is 1. The largest absolute Gasteiger partial charge is 0.353 e. The first-order chi connectivity index (χ1) is 12.4. The number of nitrogens with zero attached hydrogens (tertiary/aromatic N) is 3. The van der Waals surface area contributed by atoms with Gasteiger partial charge in [-0.15, -0.1) is 0 Å². The van der Waals surface area contributed by atoms with E-state index < -0.39 is 0 Å². The summed E-state index contributed by atoms with van der Waals surface area (Å²) < 4.78 is 1.68. The summed E-state index contributed by atoms with van der Waals surface area (Å²) in [5.41, 5.74) is 2.05. The first-order valence-electron chi connectivity index (χ1n) is 9.46. The lowest BCUT2D eigenvalue weighted by Crippen LogP contribution is -2.44. The van der Waals surface area contributed by atoms with E-state index in [1.54, 1.807) is 4.57 Å². The SMILES string of the molecule is CCC1CCCCN1C(=O)CSc1nc2cc(C)[nH]c2c(=O)n1C(C)C. The van der Waals surface area contributed by atoms with Crippen LogP contribution in [0.2, 0.25) is 0 Å². The predicted octanol–water partition coefficient (Wildman–Crippen LogP) is 3.50. The van der Waals surface area contributed by atoms with Crippen LogP contribution in [0.25, 0.3) is 11.0 Å². The number of piperidine rings is 1. The summed E-state index contributed by atoms with van der Waals surface area (Å²) in [6.07, 6.45) is 4.38. The van der Waals surface area contributed by atoms with Gasteiger partial charge in [-0.2, -0.15) is 0 Å². The van der Waals surface area contributed by atoms with Crippen LogP contribution in [0, 0.1) is 6.92 Å². The van der Waals surface area contributed by atoms with Gasteiger partial charge in [-0.25, -0.2) is 4.98 Å². The zero-order valence-corrected chi connectivity index (χ0v) is 16.9. The Labute approximate surface area is 158 Å². The van der Waals surface area contributed by atoms with Crippen LogP contribution in [0.3, 0.4) is 0 Å². The standard InChI is InChI=1S/C19H28N4O2S/c1-5-14-8-6-7-9-22(14)16(24)11-26-19-21-15-10-13(4)20-17(15)18(25)23(19)12(2)3/h10,12,14,20H,5-9,11H2,1-4H3. The van der Waals surface area contributed by atoms with Crippen LogP contribution in [0.4, 0.5) is 0 Å². The molecule has 0 aliphatic carbocycles. The third-order valence-corrected chi connectivity index (χ3v) is 5.98. The minimum atomic E-state index is -0.0718. The first kappa shape index (κ1) is 19.0. The highest BCUT2D eigenvalue weighted by atomic mass is 32.2. The van der Waals surface area contributed by atoms with Crippen LogP contribution in [-0.4, -0.2) is 43.7 Å². The van der Waals surface area contributed by atoms with Crippen LogP contribution in [0.15, 0.2) is 16.0 Å². The second-order valence-corrected chi connectivity index (χ2v) is 8.25. The molecule has 1 fully saturated rings. The van der Waals surface area contributed by atoms with Gasteiger partial charge < -0.3 is 9.88 Å². The fourth-order valence-corrected chi connectivity index (χ4v) is 4.72. The number of likely N-dealkylation sites (tertiary alicyclic amines) is 1. The minimum Gasteiger partial charge on any atom is -0.353 e. The van der Waals surface area contributed by atoms with Crippen LogP contribution in [0.5, 0.6) is 0 Å². The molecule has 1 N–H and O–H groups in total. The number of thioether (sulfide) groups is 1. The van der Waals surface area contributed by atoms with Gasteiger partial charge in [0.1, 0.15) is 5.52 Å². The minimum absolute atomic E-state index is 0.0148. The molecule has 1 unspecified atom stereocenters. The molecule has 1 amide bonds. The Balaban J connectivity index is 1.85. The first-order valence-corrected chi connectivity index (χ1v) is 10.4. The highest BCUT2D eigenvalue weighted by Gasteiger charge is 2.26. The molecule has 1 saturated heterocycles. The van der Waals surface area contributed by atoms with Gasteiger partial charge in [-0.1, -0.05) is 18.7 Å². The average molecular weight is 377 g/mol. The number of rotatable bonds is 5. The molecule has 1 aliphatic rings. The maximum Gasteiger partial charge on any atom is 0.278 e. The van der Waals surface area contributed by atoms with Crippen LogP contribution < -0.4 is 5.56 Å². The van der Waals surface area contributed by atoms with E-state index in [4.69, 9.17) is 0 Å². The highest BCUT2D eigenvalue weighted by molar-refractivity contribution is 7.99. The van der Waals surface area contributed by atoms with Crippen molar-refractivity contribution >= 4 is 28.7 Å². The molecule has 1 atom stereocenters. The summed E-state index contributed by atoms with van der Waals surface area (Å²) in [5.74, 6) is 0.473. The molecule has 0 radical (unpaired) electrons. The molecule has 6 nitrogen and oxygen atoms in total. The Morgan fingerprint density at radius 3 is 2.88 bits per heavy atom. The third kappa shape index (κ3) is 3.68. The van der Waals surface area contributed by atoms with Crippen LogP contribution >= 0.6 is 11.8 Å². The molecule has 0 spiro atoms. The fourth-order valence-electron chi connectivity index (χ4n) is 3.71. The summed E-state index contributed by atoms with van der Waals surface area (Å²) in [6, 6.07) is 2.22. The number of hydrogen-bond donors (Lipinski definition) is 1. The van der Waals surface area contributed by atoms with E-state index in [-0.39, 0.29) is 17.5 Å². The molecule has 26 heavy (non-hydrogen) atoms. The molecule has 7 heteroatoms. The van der Waals surface area contributed by atoms with Gasteiger partial charge in [0.05, 0.1) is 11.3 Å². The predicted molar refractivity (Wildman–Crippen MR) is 106 cm³/mol. The Hall–Kier alpha value is -1.76. The Bertz CT molecular complexity index is 855. The average Bonchev–Trinajstić information content (AvgIpc) is 3.00. The monoisotopic (exact) mass is 376 g/mol. The number of amides is 1. The molecule has 0 bridgehead atoms. The van der Waals surface area contributed by atoms with Gasteiger partial charge in [-0.05, 0) is 52.5 Å². The number of H-pyrrole nitrogens is 1. The van der Waals surface area contributed by atoms with Gasteiger partial charge >= 0.3 is 0 Å². The Kier molecular flexibility index (Phi) is 5.75. The molecule has 1 aliphatic heterocycles. The zero-order chi connectivity index (χ0) is 18.8. The van der Waals surface area contributed by atoms with E-state index in [2.05, 4.69) is 16.9 Å². The summed E-state index contributed by atoms with van der Waals surface area (Å²) in [5, 5.41) is 0.620. The van der Waals surface area contributed by atoms with E-state index in [9.17, 15) is 9.59 Å². The summed E-state index contributed by atoms with van der Waals surface area (Å²) in [7, 11) is 0. The van der Waals surface area contributed by atoms with Crippen molar-refractivity contribution in [1.82, 2.24) is 19.4 Å². The molecular formula is C19H28N4O2S. The molecule has 0 aromatic carbocycles. The van der Waals surface area contributed by atoms with Crippen molar-refractivity contribution in [1.29, 1.82) is 0 Å². The number of carbonyl (C=O) groups is 1. The highest BCUT2D eigenvalue weighted by Crippen LogP contribution is 2.24. The van der Waals surface area contributed by atoms with Crippen molar-refractivity contribution in [3.63, 3.8) is 0 Å². The molecule has 3 heterocycles. The van der Waals surface area contributed by atoms with Crippen molar-refractivity contribution < 1.29 is 4.79 Å². The number of nitrogens with one attached hydrogen (secondary N) is 1. The number of fused-ring (bicyclic) bond motifs is 1. The number of carbonyl (C=O) groups excluding carboxylic acids is 1. The maximum atomic E-state index is 12.8. The van der Waals surface area contributed by atoms with Gasteiger partial charge in [0, 0.05) is 24.3 Å². The maximum absolute atomic E-state index is 12.8. The zero-order valence-electron chi connectivity index (χ0n) is 16.0. The van der Waals surface area contributed by atoms with Gasteiger partial charge in [0.25, 0.3) is 5.56 Å². The number of aromatic nitrogens is 3. The van der Waals surface area contributed by atoms with E-state index in [1.165, 1.54) is 18.2 Å². The summed E-state index contributed by atoms with van der Waals surface area (Å²) in [6.45, 7) is 8.84. The van der Waals surface area contributed by atoms with Gasteiger partial charge in [-0.3, -0.25) is 14.2 Å². The van der Waals surface area contributed by atoms with Crippen molar-refractivity contribution in [2.24, 2.45) is 0 Å². The van der Waals surface area contributed by atoms with Crippen LogP contribution in [0.1, 0.15) is 58.2 Å². The van der Waals surface area contributed by atoms with Crippen LogP contribution in [-0.2, 0) is 4.79 Å². The van der Waals surface area contributed by atoms with E-state index in [0.29, 0.717) is 28.0 Å². The van der Waals surface area contributed by atoms with Crippen molar-refractivity contribution in [2.45, 2.75) is 70.6 Å². The van der Waals surface area contributed by atoms with Crippen molar-refractivity contribution in [3.8, 4) is 0 Å². The van der Waals surface area contributed by atoms with E-state index in [0.717, 1.165) is 31.5 Å². The summed E-state index contributed by atoms with van der Waals surface area (Å²) >= 11 is 1.37. The lowest BCUT2D eigenvalue weighted by atomic mass is 10.0. The molecule has 2 aromatic rings. The number of aromatic amines is 1.